The monoisotopic (exact) mass is 434 g/mol. The summed E-state index contributed by atoms with van der Waals surface area (Å²) in [5.74, 6) is 1.20. The topological polar surface area (TPSA) is 72.3 Å². The van der Waals surface area contributed by atoms with E-state index in [-0.39, 0.29) is 5.92 Å². The highest BCUT2D eigenvalue weighted by Gasteiger charge is 2.23. The Balaban J connectivity index is 0.00000176. The number of hydrogen-bond donors (Lipinski definition) is 1. The molecule has 2 aromatic carbocycles. The molecule has 1 heterocycles. The number of carbonyl (C=O) groups excluding carboxylic acids is 1. The molecule has 5 heteroatoms. The lowest BCUT2D eigenvalue weighted by molar-refractivity contribution is -0.109. The SMILES string of the molecule is CCCc1ccc(-c2nc(-c3ccccc3)nc(C)c2C(C=O)CCC)c(OC)c1.CO. The fraction of sp³-hybridized carbons (Fsp3) is 0.370. The number of aliphatic hydroxyl groups excluding tert-OH is 1. The largest absolute Gasteiger partial charge is 0.496 e. The quantitative estimate of drug-likeness (QED) is 0.433. The number of hydrogen-bond acceptors (Lipinski definition) is 5. The second-order valence-electron chi connectivity index (χ2n) is 7.58. The molecule has 1 atom stereocenters. The molecule has 1 unspecified atom stereocenters. The summed E-state index contributed by atoms with van der Waals surface area (Å²) in [4.78, 5) is 21.7. The Bertz CT molecular complexity index is 1000. The molecular formula is C27H34N2O3. The lowest BCUT2D eigenvalue weighted by atomic mass is 9.89. The highest BCUT2D eigenvalue weighted by atomic mass is 16.5. The number of aliphatic hydroxyl groups is 1. The van der Waals surface area contributed by atoms with Crippen LogP contribution in [0.2, 0.25) is 0 Å². The summed E-state index contributed by atoms with van der Waals surface area (Å²) < 4.78 is 5.75. The van der Waals surface area contributed by atoms with E-state index in [2.05, 4.69) is 32.0 Å². The number of methoxy groups -OCH3 is 1. The van der Waals surface area contributed by atoms with E-state index in [1.165, 1.54) is 5.56 Å². The van der Waals surface area contributed by atoms with Gasteiger partial charge in [-0.25, -0.2) is 9.97 Å². The van der Waals surface area contributed by atoms with Gasteiger partial charge >= 0.3 is 0 Å². The van der Waals surface area contributed by atoms with Crippen molar-refractivity contribution >= 4 is 6.29 Å². The normalized spacial score (nSPS) is 11.3. The van der Waals surface area contributed by atoms with Crippen molar-refractivity contribution < 1.29 is 14.6 Å². The van der Waals surface area contributed by atoms with E-state index in [0.717, 1.165) is 72.9 Å². The van der Waals surface area contributed by atoms with E-state index >= 15 is 0 Å². The maximum Gasteiger partial charge on any atom is 0.160 e. The highest BCUT2D eigenvalue weighted by Crippen LogP contribution is 2.38. The van der Waals surface area contributed by atoms with Crippen LogP contribution in [-0.2, 0) is 11.2 Å². The Morgan fingerprint density at radius 1 is 1.03 bits per heavy atom. The lowest BCUT2D eigenvalue weighted by Crippen LogP contribution is -2.10. The molecule has 32 heavy (non-hydrogen) atoms. The van der Waals surface area contributed by atoms with Crippen molar-refractivity contribution in [1.82, 2.24) is 9.97 Å². The van der Waals surface area contributed by atoms with E-state index in [1.54, 1.807) is 7.11 Å². The third kappa shape index (κ3) is 5.80. The standard InChI is InChI=1S/C26H30N2O2.CH4O/c1-5-10-19-14-15-22(23(16-19)30-4)25-24(21(17-29)11-6-2)18(3)27-26(28-25)20-12-8-7-9-13-20;1-2/h7-9,12-17,21H,5-6,10-11H2,1-4H3;2H,1H3. The van der Waals surface area contributed by atoms with Gasteiger partial charge in [0, 0.05) is 35.4 Å². The predicted octanol–water partition coefficient (Wildman–Crippen LogP) is 5.77. The van der Waals surface area contributed by atoms with Crippen LogP contribution in [0.3, 0.4) is 0 Å². The van der Waals surface area contributed by atoms with E-state index in [0.29, 0.717) is 5.82 Å². The van der Waals surface area contributed by atoms with Crippen LogP contribution in [0.5, 0.6) is 5.75 Å². The highest BCUT2D eigenvalue weighted by molar-refractivity contribution is 5.78. The summed E-state index contributed by atoms with van der Waals surface area (Å²) in [6.45, 7) is 6.22. The lowest BCUT2D eigenvalue weighted by Gasteiger charge is -2.20. The number of aromatic nitrogens is 2. The summed E-state index contributed by atoms with van der Waals surface area (Å²) in [5.41, 5.74) is 5.60. The Morgan fingerprint density at radius 3 is 2.34 bits per heavy atom. The Morgan fingerprint density at radius 2 is 1.75 bits per heavy atom. The van der Waals surface area contributed by atoms with Crippen LogP contribution in [0.25, 0.3) is 22.6 Å². The van der Waals surface area contributed by atoms with Gasteiger partial charge in [-0.1, -0.05) is 63.1 Å². The Kier molecular flexibility index (Phi) is 10.0. The van der Waals surface area contributed by atoms with Crippen molar-refractivity contribution in [1.29, 1.82) is 0 Å². The molecule has 0 spiro atoms. The first kappa shape index (κ1) is 25.2. The maximum absolute atomic E-state index is 12.0. The minimum absolute atomic E-state index is 0.241. The Labute approximate surface area is 191 Å². The third-order valence-corrected chi connectivity index (χ3v) is 5.36. The molecule has 170 valence electrons. The Hall–Kier alpha value is -3.05. The summed E-state index contributed by atoms with van der Waals surface area (Å²) in [6.07, 6.45) is 4.77. The third-order valence-electron chi connectivity index (χ3n) is 5.36. The molecule has 0 aliphatic rings. The minimum Gasteiger partial charge on any atom is -0.496 e. The zero-order valence-corrected chi connectivity index (χ0v) is 19.8. The molecule has 3 rings (SSSR count). The van der Waals surface area contributed by atoms with Gasteiger partial charge in [0.25, 0.3) is 0 Å². The fourth-order valence-electron chi connectivity index (χ4n) is 3.91. The molecule has 0 aliphatic heterocycles. The van der Waals surface area contributed by atoms with Crippen molar-refractivity contribution in [2.45, 2.75) is 52.4 Å². The van der Waals surface area contributed by atoms with Crippen molar-refractivity contribution in [3.63, 3.8) is 0 Å². The molecule has 3 aromatic rings. The summed E-state index contributed by atoms with van der Waals surface area (Å²) >= 11 is 0. The van der Waals surface area contributed by atoms with Gasteiger partial charge in [0.05, 0.1) is 12.8 Å². The maximum atomic E-state index is 12.0. The molecule has 5 nitrogen and oxygen atoms in total. The van der Waals surface area contributed by atoms with Gasteiger partial charge in [0.15, 0.2) is 5.82 Å². The van der Waals surface area contributed by atoms with Gasteiger partial charge in [0.1, 0.15) is 12.0 Å². The van der Waals surface area contributed by atoms with Crippen LogP contribution in [-0.4, -0.2) is 35.6 Å². The van der Waals surface area contributed by atoms with Gasteiger partial charge in [-0.2, -0.15) is 0 Å². The molecule has 0 saturated carbocycles. The van der Waals surface area contributed by atoms with Gasteiger partial charge < -0.3 is 14.6 Å². The van der Waals surface area contributed by atoms with Crippen molar-refractivity contribution in [2.75, 3.05) is 14.2 Å². The summed E-state index contributed by atoms with van der Waals surface area (Å²) in [6, 6.07) is 16.2. The number of ether oxygens (including phenoxy) is 1. The number of rotatable bonds is 9. The molecule has 1 N–H and O–H groups in total. The fourth-order valence-corrected chi connectivity index (χ4v) is 3.91. The van der Waals surface area contributed by atoms with E-state index in [1.807, 2.05) is 37.3 Å². The smallest absolute Gasteiger partial charge is 0.160 e. The summed E-state index contributed by atoms with van der Waals surface area (Å²) in [5, 5.41) is 7.00. The van der Waals surface area contributed by atoms with E-state index < -0.39 is 0 Å². The van der Waals surface area contributed by atoms with Crippen molar-refractivity contribution in [2.24, 2.45) is 0 Å². The van der Waals surface area contributed by atoms with E-state index in [9.17, 15) is 4.79 Å². The average molecular weight is 435 g/mol. The van der Waals surface area contributed by atoms with Crippen LogP contribution in [0, 0.1) is 6.92 Å². The first-order valence-electron chi connectivity index (χ1n) is 11.1. The number of benzene rings is 2. The second-order valence-corrected chi connectivity index (χ2v) is 7.58. The first-order chi connectivity index (χ1) is 15.6. The molecule has 0 amide bonds. The molecule has 0 bridgehead atoms. The number of nitrogens with zero attached hydrogens (tertiary/aromatic N) is 2. The molecule has 1 aromatic heterocycles. The van der Waals surface area contributed by atoms with Crippen molar-refractivity contribution in [3.8, 4) is 28.4 Å². The number of aldehydes is 1. The minimum atomic E-state index is -0.241. The van der Waals surface area contributed by atoms with Crippen LogP contribution < -0.4 is 4.74 Å². The molecule has 0 saturated heterocycles. The van der Waals surface area contributed by atoms with Crippen LogP contribution in [0.15, 0.2) is 48.5 Å². The average Bonchev–Trinajstić information content (AvgIpc) is 2.84. The van der Waals surface area contributed by atoms with Gasteiger partial charge in [0.2, 0.25) is 0 Å². The summed E-state index contributed by atoms with van der Waals surface area (Å²) in [7, 11) is 2.68. The van der Waals surface area contributed by atoms with Crippen LogP contribution in [0.4, 0.5) is 0 Å². The zero-order valence-electron chi connectivity index (χ0n) is 19.8. The number of carbonyl (C=O) groups is 1. The van der Waals surface area contributed by atoms with Crippen LogP contribution >= 0.6 is 0 Å². The molecule has 0 fully saturated rings. The second kappa shape index (κ2) is 12.7. The van der Waals surface area contributed by atoms with Gasteiger partial charge in [-0.3, -0.25) is 0 Å². The number of aryl methyl sites for hydroxylation is 2. The van der Waals surface area contributed by atoms with Crippen molar-refractivity contribution in [3.05, 3.63) is 65.4 Å². The molecule has 0 radical (unpaired) electrons. The predicted molar refractivity (Wildman–Crippen MR) is 130 cm³/mol. The van der Waals surface area contributed by atoms with E-state index in [4.69, 9.17) is 19.8 Å². The van der Waals surface area contributed by atoms with Crippen LogP contribution in [0.1, 0.15) is 55.8 Å². The van der Waals surface area contributed by atoms with Gasteiger partial charge in [-0.05, 0) is 37.5 Å². The molecular weight excluding hydrogens is 400 g/mol. The van der Waals surface area contributed by atoms with Gasteiger partial charge in [-0.15, -0.1) is 0 Å². The zero-order chi connectivity index (χ0) is 23.5. The molecule has 0 aliphatic carbocycles. The first-order valence-corrected chi connectivity index (χ1v) is 11.1.